The summed E-state index contributed by atoms with van der Waals surface area (Å²) in [7, 11) is 0. The van der Waals surface area contributed by atoms with Gasteiger partial charge in [0.25, 0.3) is 0 Å². The first-order valence-electron chi connectivity index (χ1n) is 5.74. The highest BCUT2D eigenvalue weighted by molar-refractivity contribution is 5.90. The van der Waals surface area contributed by atoms with E-state index in [1.165, 1.54) is 23.6 Å². The summed E-state index contributed by atoms with van der Waals surface area (Å²) in [5.74, 6) is -1.12. The lowest BCUT2D eigenvalue weighted by molar-refractivity contribution is -0.274. The fourth-order valence-electron chi connectivity index (χ4n) is 1.81. The minimum Gasteiger partial charge on any atom is -0.461 e. The summed E-state index contributed by atoms with van der Waals surface area (Å²) in [6, 6.07) is 2.46. The van der Waals surface area contributed by atoms with Gasteiger partial charge in [0.05, 0.1) is 12.3 Å². The van der Waals surface area contributed by atoms with Gasteiger partial charge in [-0.1, -0.05) is 0 Å². The van der Waals surface area contributed by atoms with Crippen LogP contribution in [0.4, 0.5) is 13.2 Å². The van der Waals surface area contributed by atoms with Crippen molar-refractivity contribution < 1.29 is 27.4 Å². The van der Waals surface area contributed by atoms with Gasteiger partial charge in [-0.25, -0.2) is 9.78 Å². The van der Waals surface area contributed by atoms with Crippen molar-refractivity contribution >= 4 is 11.6 Å². The normalized spacial score (nSPS) is 11.7. The number of carbonyl (C=O) groups is 1. The average molecular weight is 288 g/mol. The molecule has 0 aliphatic rings. The minimum absolute atomic E-state index is 0.0782. The molecule has 2 aromatic rings. The number of imidazole rings is 1. The average Bonchev–Trinajstić information content (AvgIpc) is 2.65. The molecule has 2 heterocycles. The fourth-order valence-corrected chi connectivity index (χ4v) is 1.81. The van der Waals surface area contributed by atoms with Crippen molar-refractivity contribution in [2.24, 2.45) is 0 Å². The molecule has 0 atom stereocenters. The second kappa shape index (κ2) is 5.03. The van der Waals surface area contributed by atoms with Gasteiger partial charge in [0.1, 0.15) is 0 Å². The fraction of sp³-hybridized carbons (Fsp3) is 0.333. The molecule has 0 N–H and O–H groups in total. The van der Waals surface area contributed by atoms with Crippen molar-refractivity contribution in [1.29, 1.82) is 0 Å². The first kappa shape index (κ1) is 14.2. The summed E-state index contributed by atoms with van der Waals surface area (Å²) in [4.78, 5) is 15.7. The number of carbonyl (C=O) groups excluding carboxylic acids is 1. The molecule has 0 amide bonds. The van der Waals surface area contributed by atoms with Crippen LogP contribution in [0.5, 0.6) is 5.75 Å². The van der Waals surface area contributed by atoms with Crippen molar-refractivity contribution in [1.82, 2.24) is 9.38 Å². The highest BCUT2D eigenvalue weighted by atomic mass is 19.4. The van der Waals surface area contributed by atoms with E-state index < -0.39 is 18.1 Å². The Balaban J connectivity index is 2.56. The maximum Gasteiger partial charge on any atom is 0.573 e. The number of aromatic nitrogens is 2. The molecule has 0 spiro atoms. The zero-order valence-corrected chi connectivity index (χ0v) is 10.7. The Hall–Kier alpha value is -2.25. The SMILES string of the molecule is CCOC(=O)c1c(C)nc2c(OC(F)(F)F)cccn12. The molecule has 0 radical (unpaired) electrons. The van der Waals surface area contributed by atoms with Crippen LogP contribution in [-0.4, -0.2) is 28.3 Å². The molecule has 0 aromatic carbocycles. The van der Waals surface area contributed by atoms with Gasteiger partial charge in [0.2, 0.25) is 0 Å². The summed E-state index contributed by atoms with van der Waals surface area (Å²) < 4.78 is 46.9. The highest BCUT2D eigenvalue weighted by Gasteiger charge is 2.33. The Morgan fingerprint density at radius 3 is 2.75 bits per heavy atom. The smallest absolute Gasteiger partial charge is 0.461 e. The zero-order valence-electron chi connectivity index (χ0n) is 10.7. The van der Waals surface area contributed by atoms with Crippen molar-refractivity contribution in [3.8, 4) is 5.75 Å². The van der Waals surface area contributed by atoms with Gasteiger partial charge in [-0.3, -0.25) is 4.40 Å². The van der Waals surface area contributed by atoms with Crippen LogP contribution in [0.25, 0.3) is 5.65 Å². The number of nitrogens with zero attached hydrogens (tertiary/aromatic N) is 2. The maximum absolute atomic E-state index is 12.3. The van der Waals surface area contributed by atoms with Crippen LogP contribution in [-0.2, 0) is 4.74 Å². The number of hydrogen-bond acceptors (Lipinski definition) is 4. The topological polar surface area (TPSA) is 52.8 Å². The second-order valence-corrected chi connectivity index (χ2v) is 3.88. The van der Waals surface area contributed by atoms with Crippen LogP contribution in [0.15, 0.2) is 18.3 Å². The van der Waals surface area contributed by atoms with E-state index in [1.54, 1.807) is 6.92 Å². The van der Waals surface area contributed by atoms with Gasteiger partial charge in [-0.15, -0.1) is 13.2 Å². The molecular formula is C12H11F3N2O3. The number of fused-ring (bicyclic) bond motifs is 1. The van der Waals surface area contributed by atoms with Crippen LogP contribution in [0, 0.1) is 6.92 Å². The molecule has 5 nitrogen and oxygen atoms in total. The van der Waals surface area contributed by atoms with E-state index in [1.807, 2.05) is 0 Å². The molecule has 0 bridgehead atoms. The molecule has 20 heavy (non-hydrogen) atoms. The summed E-state index contributed by atoms with van der Waals surface area (Å²) in [5, 5.41) is 0. The number of aryl methyl sites for hydroxylation is 1. The molecule has 108 valence electrons. The maximum atomic E-state index is 12.3. The van der Waals surface area contributed by atoms with Gasteiger partial charge >= 0.3 is 12.3 Å². The Labute approximate surface area is 111 Å². The van der Waals surface area contributed by atoms with E-state index in [0.717, 1.165) is 6.07 Å². The summed E-state index contributed by atoms with van der Waals surface area (Å²) in [6.07, 6.45) is -3.41. The van der Waals surface area contributed by atoms with Gasteiger partial charge in [0, 0.05) is 6.20 Å². The Kier molecular flexibility index (Phi) is 3.56. The summed E-state index contributed by atoms with van der Waals surface area (Å²) in [6.45, 7) is 3.30. The van der Waals surface area contributed by atoms with E-state index in [-0.39, 0.29) is 23.6 Å². The predicted molar refractivity (Wildman–Crippen MR) is 62.6 cm³/mol. The number of rotatable bonds is 3. The summed E-state index contributed by atoms with van der Waals surface area (Å²) >= 11 is 0. The van der Waals surface area contributed by atoms with E-state index in [2.05, 4.69) is 9.72 Å². The van der Waals surface area contributed by atoms with Crippen molar-refractivity contribution in [3.63, 3.8) is 0 Å². The number of halogens is 3. The third-order valence-electron chi connectivity index (χ3n) is 2.48. The lowest BCUT2D eigenvalue weighted by Crippen LogP contribution is -2.18. The van der Waals surface area contributed by atoms with Gasteiger partial charge in [-0.2, -0.15) is 0 Å². The molecule has 2 aromatic heterocycles. The van der Waals surface area contributed by atoms with Crippen LogP contribution >= 0.6 is 0 Å². The van der Waals surface area contributed by atoms with Crippen molar-refractivity contribution in [3.05, 3.63) is 29.7 Å². The number of ether oxygens (including phenoxy) is 2. The van der Waals surface area contributed by atoms with Gasteiger partial charge < -0.3 is 9.47 Å². The monoisotopic (exact) mass is 288 g/mol. The van der Waals surface area contributed by atoms with E-state index in [4.69, 9.17) is 4.74 Å². The number of pyridine rings is 1. The Bertz CT molecular complexity index is 649. The van der Waals surface area contributed by atoms with Crippen LogP contribution in [0.1, 0.15) is 23.1 Å². The molecular weight excluding hydrogens is 277 g/mol. The van der Waals surface area contributed by atoms with E-state index in [9.17, 15) is 18.0 Å². The third-order valence-corrected chi connectivity index (χ3v) is 2.48. The molecule has 0 unspecified atom stereocenters. The quantitative estimate of drug-likeness (QED) is 0.815. The van der Waals surface area contributed by atoms with Gasteiger partial charge in [-0.05, 0) is 26.0 Å². The predicted octanol–water partition coefficient (Wildman–Crippen LogP) is 2.72. The molecule has 0 saturated carbocycles. The highest BCUT2D eigenvalue weighted by Crippen LogP contribution is 2.28. The number of alkyl halides is 3. The summed E-state index contributed by atoms with van der Waals surface area (Å²) in [5.41, 5.74) is 0.251. The van der Waals surface area contributed by atoms with E-state index in [0.29, 0.717) is 0 Å². The lowest BCUT2D eigenvalue weighted by Gasteiger charge is -2.09. The zero-order chi connectivity index (χ0) is 14.9. The van der Waals surface area contributed by atoms with Crippen LogP contribution in [0.2, 0.25) is 0 Å². The van der Waals surface area contributed by atoms with Gasteiger partial charge in [0.15, 0.2) is 17.1 Å². The van der Waals surface area contributed by atoms with Crippen LogP contribution in [0.3, 0.4) is 0 Å². The number of esters is 1. The lowest BCUT2D eigenvalue weighted by atomic mass is 10.3. The molecule has 8 heteroatoms. The molecule has 0 saturated heterocycles. The first-order chi connectivity index (χ1) is 9.33. The molecule has 0 fully saturated rings. The minimum atomic E-state index is -4.83. The van der Waals surface area contributed by atoms with Crippen LogP contribution < -0.4 is 4.74 Å². The first-order valence-corrected chi connectivity index (χ1v) is 5.74. The number of hydrogen-bond donors (Lipinski definition) is 0. The molecule has 2 rings (SSSR count). The van der Waals surface area contributed by atoms with E-state index >= 15 is 0 Å². The Morgan fingerprint density at radius 1 is 1.45 bits per heavy atom. The van der Waals surface area contributed by atoms with Crippen molar-refractivity contribution in [2.45, 2.75) is 20.2 Å². The standard InChI is InChI=1S/C12H11F3N2O3/c1-3-19-11(18)9-7(2)16-10-8(20-12(13,14)15)5-4-6-17(9)10/h4-6H,3H2,1-2H3. The third kappa shape index (κ3) is 2.68. The Morgan fingerprint density at radius 2 is 2.15 bits per heavy atom. The largest absolute Gasteiger partial charge is 0.573 e. The van der Waals surface area contributed by atoms with Crippen molar-refractivity contribution in [2.75, 3.05) is 6.61 Å². The molecule has 0 aliphatic heterocycles. The second-order valence-electron chi connectivity index (χ2n) is 3.88. The molecule has 0 aliphatic carbocycles.